The molecule has 0 bridgehead atoms. The van der Waals surface area contributed by atoms with E-state index in [0.717, 1.165) is 54.8 Å². The zero-order valence-electron chi connectivity index (χ0n) is 19.4. The molecule has 0 amide bonds. The molecule has 4 aromatic heterocycles. The number of hydrogen-bond donors (Lipinski definition) is 3. The number of nitrogens with zero attached hydrogens (tertiary/aromatic N) is 5. The van der Waals surface area contributed by atoms with Gasteiger partial charge in [-0.2, -0.15) is 9.37 Å². The summed E-state index contributed by atoms with van der Waals surface area (Å²) in [6.07, 6.45) is 8.87. The van der Waals surface area contributed by atoms with Crippen molar-refractivity contribution in [3.8, 4) is 11.4 Å². The molecule has 8 nitrogen and oxygen atoms in total. The van der Waals surface area contributed by atoms with E-state index >= 15 is 0 Å². The highest BCUT2D eigenvalue weighted by Gasteiger charge is 2.53. The van der Waals surface area contributed by atoms with Crippen LogP contribution in [0, 0.1) is 23.6 Å². The third-order valence-electron chi connectivity index (χ3n) is 7.65. The quantitative estimate of drug-likeness (QED) is 0.345. The maximum Gasteiger partial charge on any atom is 0.214 e. The van der Waals surface area contributed by atoms with Gasteiger partial charge in [-0.15, -0.1) is 0 Å². The molecular formula is C26H24F2N8. The molecule has 3 N–H and O–H groups in total. The summed E-state index contributed by atoms with van der Waals surface area (Å²) in [4.78, 5) is 22.2. The zero-order chi connectivity index (χ0) is 24.2. The Labute approximate surface area is 206 Å². The fraction of sp³-hybridized carbons (Fsp3) is 0.346. The molecule has 2 unspecified atom stereocenters. The Bertz CT molecular complexity index is 1460. The predicted molar refractivity (Wildman–Crippen MR) is 132 cm³/mol. The van der Waals surface area contributed by atoms with Crippen LogP contribution in [0.1, 0.15) is 30.7 Å². The molecular weight excluding hydrogens is 462 g/mol. The van der Waals surface area contributed by atoms with E-state index in [9.17, 15) is 8.78 Å². The molecule has 2 aliphatic carbocycles. The number of piperidine rings is 1. The Morgan fingerprint density at radius 1 is 0.944 bits per heavy atom. The predicted octanol–water partition coefficient (Wildman–Crippen LogP) is 4.40. The topological polar surface area (TPSA) is 101 Å². The number of anilines is 3. The van der Waals surface area contributed by atoms with Gasteiger partial charge >= 0.3 is 0 Å². The number of halogens is 2. The summed E-state index contributed by atoms with van der Waals surface area (Å²) in [5.41, 5.74) is 2.70. The van der Waals surface area contributed by atoms with E-state index in [1.54, 1.807) is 24.5 Å². The summed E-state index contributed by atoms with van der Waals surface area (Å²) >= 11 is 0. The van der Waals surface area contributed by atoms with Crippen LogP contribution >= 0.6 is 0 Å². The van der Waals surface area contributed by atoms with Crippen molar-refractivity contribution in [1.29, 1.82) is 0 Å². The maximum absolute atomic E-state index is 14.1. The fourth-order valence-corrected chi connectivity index (χ4v) is 5.43. The molecule has 2 saturated carbocycles. The van der Waals surface area contributed by atoms with Crippen LogP contribution in [0.25, 0.3) is 22.3 Å². The molecule has 36 heavy (non-hydrogen) atoms. The number of aromatic nitrogens is 5. The number of fused-ring (bicyclic) bond motifs is 2. The van der Waals surface area contributed by atoms with Gasteiger partial charge in [-0.1, -0.05) is 6.42 Å². The molecule has 5 heterocycles. The average molecular weight is 487 g/mol. The highest BCUT2D eigenvalue weighted by molar-refractivity contribution is 5.93. The molecule has 3 aliphatic rings. The fourth-order valence-electron chi connectivity index (χ4n) is 5.43. The number of pyridine rings is 3. The molecule has 0 spiro atoms. The first kappa shape index (κ1) is 21.5. The Hall–Kier alpha value is -3.79. The SMILES string of the molecule is Fc1ccc(F)c(Nc2cc(-c3nc(NC4C5CNC[C@H]54)c4c(C5CCC5)cncc4n3)ccn2)n1. The van der Waals surface area contributed by atoms with Crippen LogP contribution in [-0.2, 0) is 0 Å². The van der Waals surface area contributed by atoms with Crippen molar-refractivity contribution in [3.63, 3.8) is 0 Å². The van der Waals surface area contributed by atoms with Gasteiger partial charge in [0, 0.05) is 42.5 Å². The van der Waals surface area contributed by atoms with Crippen molar-refractivity contribution in [3.05, 3.63) is 60.2 Å². The lowest BCUT2D eigenvalue weighted by Crippen LogP contribution is -2.22. The van der Waals surface area contributed by atoms with E-state index < -0.39 is 11.8 Å². The van der Waals surface area contributed by atoms with Crippen LogP contribution in [0.15, 0.2) is 42.9 Å². The average Bonchev–Trinajstić information content (AvgIpc) is 3.25. The lowest BCUT2D eigenvalue weighted by molar-refractivity contribution is 0.421. The Balaban J connectivity index is 1.28. The van der Waals surface area contributed by atoms with Gasteiger partial charge in [0.25, 0.3) is 0 Å². The molecule has 1 saturated heterocycles. The number of rotatable bonds is 6. The lowest BCUT2D eigenvalue weighted by atomic mass is 9.79. The van der Waals surface area contributed by atoms with Crippen molar-refractivity contribution in [2.45, 2.75) is 31.2 Å². The molecule has 0 radical (unpaired) electrons. The first-order valence-corrected chi connectivity index (χ1v) is 12.3. The van der Waals surface area contributed by atoms with E-state index in [0.29, 0.717) is 41.0 Å². The summed E-state index contributed by atoms with van der Waals surface area (Å²) < 4.78 is 27.6. The minimum absolute atomic E-state index is 0.232. The van der Waals surface area contributed by atoms with E-state index in [1.165, 1.54) is 12.0 Å². The standard InChI is InChI=1S/C26H24F2N8/c27-18-4-5-20(28)33-25(18)34-21-8-14(6-7-31-21)24-32-19-12-30-9-15(13-2-1-3-13)22(19)26(36-24)35-23-16-10-29-11-17(16)23/h4-9,12-13,16-17,23,29H,1-3,10-11H2,(H,31,33,34)(H,32,35,36)/t16-,17?,23?/m1/s1. The summed E-state index contributed by atoms with van der Waals surface area (Å²) in [5, 5.41) is 11.0. The van der Waals surface area contributed by atoms with Gasteiger partial charge in [0.1, 0.15) is 11.6 Å². The second kappa shape index (κ2) is 8.41. The molecule has 1 aliphatic heterocycles. The van der Waals surface area contributed by atoms with E-state index in [-0.39, 0.29) is 5.82 Å². The summed E-state index contributed by atoms with van der Waals surface area (Å²) in [5.74, 6) is 1.71. The minimum Gasteiger partial charge on any atom is -0.366 e. The first-order chi connectivity index (χ1) is 17.6. The van der Waals surface area contributed by atoms with Gasteiger partial charge in [0.2, 0.25) is 5.95 Å². The van der Waals surface area contributed by atoms with E-state index in [4.69, 9.17) is 9.97 Å². The summed E-state index contributed by atoms with van der Waals surface area (Å²) in [6.45, 7) is 2.05. The van der Waals surface area contributed by atoms with Crippen molar-refractivity contribution in [2.24, 2.45) is 11.8 Å². The second-order valence-electron chi connectivity index (χ2n) is 9.82. The zero-order valence-corrected chi connectivity index (χ0v) is 19.4. The summed E-state index contributed by atoms with van der Waals surface area (Å²) in [6, 6.07) is 5.89. The molecule has 3 fully saturated rings. The summed E-state index contributed by atoms with van der Waals surface area (Å²) in [7, 11) is 0. The molecule has 3 atom stereocenters. The molecule has 4 aromatic rings. The Kier molecular flexibility index (Phi) is 5.02. The van der Waals surface area contributed by atoms with Crippen LogP contribution < -0.4 is 16.0 Å². The van der Waals surface area contributed by atoms with Crippen molar-refractivity contribution in [2.75, 3.05) is 23.7 Å². The molecule has 7 rings (SSSR count). The third kappa shape index (κ3) is 3.72. The monoisotopic (exact) mass is 486 g/mol. The smallest absolute Gasteiger partial charge is 0.214 e. The van der Waals surface area contributed by atoms with Crippen LogP contribution in [0.3, 0.4) is 0 Å². The van der Waals surface area contributed by atoms with Gasteiger partial charge in [0.15, 0.2) is 17.5 Å². The van der Waals surface area contributed by atoms with E-state index in [2.05, 4.69) is 30.9 Å². The van der Waals surface area contributed by atoms with Gasteiger partial charge in [-0.05, 0) is 60.4 Å². The van der Waals surface area contributed by atoms with Crippen molar-refractivity contribution < 1.29 is 8.78 Å². The van der Waals surface area contributed by atoms with Crippen LogP contribution in [0.2, 0.25) is 0 Å². The van der Waals surface area contributed by atoms with Gasteiger partial charge in [-0.3, -0.25) is 4.98 Å². The first-order valence-electron chi connectivity index (χ1n) is 12.3. The molecule has 182 valence electrons. The van der Waals surface area contributed by atoms with Gasteiger partial charge in [0.05, 0.1) is 11.7 Å². The Morgan fingerprint density at radius 2 is 1.81 bits per heavy atom. The molecule has 0 aromatic carbocycles. The highest BCUT2D eigenvalue weighted by Crippen LogP contribution is 2.46. The van der Waals surface area contributed by atoms with Crippen LogP contribution in [0.5, 0.6) is 0 Å². The molecule has 10 heteroatoms. The van der Waals surface area contributed by atoms with Gasteiger partial charge < -0.3 is 16.0 Å². The third-order valence-corrected chi connectivity index (χ3v) is 7.65. The highest BCUT2D eigenvalue weighted by atomic mass is 19.1. The van der Waals surface area contributed by atoms with Crippen LogP contribution in [0.4, 0.5) is 26.2 Å². The minimum atomic E-state index is -0.779. The number of nitrogens with one attached hydrogen (secondary N) is 3. The second-order valence-corrected chi connectivity index (χ2v) is 9.82. The normalized spacial score (nSPS) is 22.8. The van der Waals surface area contributed by atoms with Gasteiger partial charge in [-0.25, -0.2) is 19.3 Å². The lowest BCUT2D eigenvalue weighted by Gasteiger charge is -2.27. The number of hydrogen-bond acceptors (Lipinski definition) is 8. The van der Waals surface area contributed by atoms with Crippen molar-refractivity contribution in [1.82, 2.24) is 30.2 Å². The Morgan fingerprint density at radius 3 is 2.61 bits per heavy atom. The van der Waals surface area contributed by atoms with E-state index in [1.807, 2.05) is 6.20 Å². The largest absolute Gasteiger partial charge is 0.366 e. The van der Waals surface area contributed by atoms with Crippen molar-refractivity contribution >= 4 is 28.4 Å². The van der Waals surface area contributed by atoms with Crippen LogP contribution in [-0.4, -0.2) is 44.1 Å². The maximum atomic E-state index is 14.1.